The van der Waals surface area contributed by atoms with Crippen LogP contribution in [0.3, 0.4) is 0 Å². The molecule has 0 unspecified atom stereocenters. The van der Waals surface area contributed by atoms with Gasteiger partial charge in [-0.15, -0.1) is 0 Å². The van der Waals surface area contributed by atoms with Crippen LogP contribution in [0.15, 0.2) is 42.5 Å². The van der Waals surface area contributed by atoms with Crippen LogP contribution in [0.4, 0.5) is 5.69 Å². The van der Waals surface area contributed by atoms with Gasteiger partial charge in [-0.05, 0) is 36.2 Å². The highest BCUT2D eigenvalue weighted by Crippen LogP contribution is 2.25. The fourth-order valence-corrected chi connectivity index (χ4v) is 2.13. The summed E-state index contributed by atoms with van der Waals surface area (Å²) < 4.78 is 8.70. The molecule has 0 heterocycles. The van der Waals surface area contributed by atoms with E-state index >= 15 is 0 Å². The highest BCUT2D eigenvalue weighted by Gasteiger charge is 2.10. The first-order valence-electron chi connectivity index (χ1n) is 7.96. The SMILES string of the molecule is CC(=O)OC(C)=O.COC(=O)c1cc(NC=O)cc(-c2ccc(C)cc2)c1. The van der Waals surface area contributed by atoms with Crippen molar-refractivity contribution in [2.45, 2.75) is 20.8 Å². The summed E-state index contributed by atoms with van der Waals surface area (Å²) in [4.78, 5) is 41.9. The Labute approximate surface area is 157 Å². The van der Waals surface area contributed by atoms with Crippen molar-refractivity contribution in [3.8, 4) is 11.1 Å². The standard InChI is InChI=1S/C16H15NO3.C4H6O3/c1-11-3-5-12(6-4-11)13-7-14(16(19)20-2)9-15(8-13)17-10-18;1-3(5)7-4(2)6/h3-10H,1-2H3,(H,17,18);1-2H3. The van der Waals surface area contributed by atoms with E-state index in [-0.39, 0.29) is 0 Å². The van der Waals surface area contributed by atoms with E-state index in [1.807, 2.05) is 37.3 Å². The van der Waals surface area contributed by atoms with Crippen molar-refractivity contribution >= 4 is 30.0 Å². The molecule has 0 saturated heterocycles. The summed E-state index contributed by atoms with van der Waals surface area (Å²) in [5, 5.41) is 2.56. The lowest BCUT2D eigenvalue weighted by Crippen LogP contribution is -2.03. The molecule has 2 rings (SSSR count). The van der Waals surface area contributed by atoms with E-state index in [4.69, 9.17) is 4.74 Å². The van der Waals surface area contributed by atoms with Crippen LogP contribution in [0.25, 0.3) is 11.1 Å². The van der Waals surface area contributed by atoms with Gasteiger partial charge in [0.05, 0.1) is 12.7 Å². The first-order chi connectivity index (χ1) is 12.8. The maximum Gasteiger partial charge on any atom is 0.337 e. The van der Waals surface area contributed by atoms with Gasteiger partial charge in [0.25, 0.3) is 0 Å². The summed E-state index contributed by atoms with van der Waals surface area (Å²) in [5.74, 6) is -1.56. The van der Waals surface area contributed by atoms with Gasteiger partial charge in [-0.2, -0.15) is 0 Å². The smallest absolute Gasteiger partial charge is 0.337 e. The average Bonchev–Trinajstić information content (AvgIpc) is 2.61. The molecule has 1 amide bonds. The lowest BCUT2D eigenvalue weighted by Gasteiger charge is -2.08. The average molecular weight is 371 g/mol. The van der Waals surface area contributed by atoms with Gasteiger partial charge in [-0.25, -0.2) is 4.79 Å². The quantitative estimate of drug-likeness (QED) is 0.504. The van der Waals surface area contributed by atoms with Gasteiger partial charge in [-0.1, -0.05) is 29.8 Å². The summed E-state index contributed by atoms with van der Waals surface area (Å²) >= 11 is 0. The fraction of sp³-hybridized carbons (Fsp3) is 0.200. The minimum atomic E-state index is -0.562. The van der Waals surface area contributed by atoms with E-state index in [0.29, 0.717) is 17.7 Å². The highest BCUT2D eigenvalue weighted by molar-refractivity contribution is 5.93. The third-order valence-corrected chi connectivity index (χ3v) is 3.25. The van der Waals surface area contributed by atoms with Gasteiger partial charge < -0.3 is 14.8 Å². The Balaban J connectivity index is 0.000000445. The fourth-order valence-electron chi connectivity index (χ4n) is 2.13. The van der Waals surface area contributed by atoms with Crippen LogP contribution in [-0.4, -0.2) is 31.4 Å². The van der Waals surface area contributed by atoms with Crippen LogP contribution in [-0.2, 0) is 23.9 Å². The molecular weight excluding hydrogens is 350 g/mol. The zero-order valence-electron chi connectivity index (χ0n) is 15.6. The van der Waals surface area contributed by atoms with E-state index in [0.717, 1.165) is 16.7 Å². The number of carbonyl (C=O) groups is 4. The Bertz CT molecular complexity index is 815. The Hall–Kier alpha value is -3.48. The van der Waals surface area contributed by atoms with Gasteiger partial charge in [0.15, 0.2) is 0 Å². The van der Waals surface area contributed by atoms with Gasteiger partial charge in [0.1, 0.15) is 0 Å². The predicted octanol–water partition coefficient (Wildman–Crippen LogP) is 3.11. The van der Waals surface area contributed by atoms with Gasteiger partial charge in [0.2, 0.25) is 6.41 Å². The maximum atomic E-state index is 11.7. The van der Waals surface area contributed by atoms with Crippen molar-refractivity contribution in [1.29, 1.82) is 0 Å². The van der Waals surface area contributed by atoms with Gasteiger partial charge in [0, 0.05) is 19.5 Å². The van der Waals surface area contributed by atoms with Gasteiger partial charge >= 0.3 is 17.9 Å². The van der Waals surface area contributed by atoms with Crippen LogP contribution >= 0.6 is 0 Å². The molecule has 0 aliphatic carbocycles. The Kier molecular flexibility index (Phi) is 8.38. The Morgan fingerprint density at radius 2 is 1.52 bits per heavy atom. The normalized spacial score (nSPS) is 9.33. The molecule has 142 valence electrons. The molecule has 7 heteroatoms. The molecule has 0 aliphatic heterocycles. The van der Waals surface area contributed by atoms with E-state index in [1.54, 1.807) is 12.1 Å². The molecule has 1 N–H and O–H groups in total. The molecule has 0 fully saturated rings. The first kappa shape index (κ1) is 21.6. The largest absolute Gasteiger partial charge is 0.465 e. The number of hydrogen-bond donors (Lipinski definition) is 1. The number of carbonyl (C=O) groups excluding carboxylic acids is 4. The van der Waals surface area contributed by atoms with Gasteiger partial charge in [-0.3, -0.25) is 14.4 Å². The lowest BCUT2D eigenvalue weighted by molar-refractivity contribution is -0.156. The van der Waals surface area contributed by atoms with Crippen LogP contribution in [0.2, 0.25) is 0 Å². The van der Waals surface area contributed by atoms with E-state index < -0.39 is 17.9 Å². The number of hydrogen-bond acceptors (Lipinski definition) is 6. The monoisotopic (exact) mass is 371 g/mol. The summed E-state index contributed by atoms with van der Waals surface area (Å²) in [5.41, 5.74) is 3.92. The lowest BCUT2D eigenvalue weighted by atomic mass is 10.0. The van der Waals surface area contributed by atoms with E-state index in [1.165, 1.54) is 21.0 Å². The molecule has 0 aromatic heterocycles. The van der Waals surface area contributed by atoms with E-state index in [9.17, 15) is 19.2 Å². The number of nitrogens with one attached hydrogen (secondary N) is 1. The Morgan fingerprint density at radius 3 is 1.96 bits per heavy atom. The summed E-state index contributed by atoms with van der Waals surface area (Å²) in [6.07, 6.45) is 0.579. The predicted molar refractivity (Wildman–Crippen MR) is 100 cm³/mol. The van der Waals surface area contributed by atoms with E-state index in [2.05, 4.69) is 10.1 Å². The number of aryl methyl sites for hydroxylation is 1. The second kappa shape index (κ2) is 10.5. The molecular formula is C20H21NO6. The summed E-state index contributed by atoms with van der Waals surface area (Å²) in [7, 11) is 1.33. The van der Waals surface area contributed by atoms with Crippen molar-refractivity contribution in [2.24, 2.45) is 0 Å². The third kappa shape index (κ3) is 7.52. The minimum Gasteiger partial charge on any atom is -0.465 e. The second-order valence-electron chi connectivity index (χ2n) is 5.50. The molecule has 0 radical (unpaired) electrons. The molecule has 0 bridgehead atoms. The molecule has 2 aromatic rings. The maximum absolute atomic E-state index is 11.7. The Morgan fingerprint density at radius 1 is 0.926 bits per heavy atom. The zero-order chi connectivity index (χ0) is 20.4. The second-order valence-corrected chi connectivity index (χ2v) is 5.50. The molecule has 0 atom stereocenters. The highest BCUT2D eigenvalue weighted by atomic mass is 16.6. The minimum absolute atomic E-state index is 0.398. The number of amides is 1. The van der Waals surface area contributed by atoms with Crippen molar-refractivity contribution in [3.63, 3.8) is 0 Å². The summed E-state index contributed by atoms with van der Waals surface area (Å²) in [6, 6.07) is 13.1. The number of anilines is 1. The number of ether oxygens (including phenoxy) is 2. The molecule has 2 aromatic carbocycles. The van der Waals surface area contributed by atoms with Crippen molar-refractivity contribution < 1.29 is 28.7 Å². The zero-order valence-corrected chi connectivity index (χ0v) is 15.6. The summed E-state index contributed by atoms with van der Waals surface area (Å²) in [6.45, 7) is 4.37. The van der Waals surface area contributed by atoms with Crippen LogP contribution < -0.4 is 5.32 Å². The first-order valence-corrected chi connectivity index (χ1v) is 7.96. The topological polar surface area (TPSA) is 98.8 Å². The van der Waals surface area contributed by atoms with Crippen molar-refractivity contribution in [2.75, 3.05) is 12.4 Å². The van der Waals surface area contributed by atoms with Crippen molar-refractivity contribution in [1.82, 2.24) is 0 Å². The molecule has 27 heavy (non-hydrogen) atoms. The molecule has 0 spiro atoms. The third-order valence-electron chi connectivity index (χ3n) is 3.25. The van der Waals surface area contributed by atoms with Crippen LogP contribution in [0.1, 0.15) is 29.8 Å². The number of methoxy groups -OCH3 is 1. The van der Waals surface area contributed by atoms with Crippen LogP contribution in [0, 0.1) is 6.92 Å². The van der Waals surface area contributed by atoms with Crippen molar-refractivity contribution in [3.05, 3.63) is 53.6 Å². The van der Waals surface area contributed by atoms with Crippen LogP contribution in [0.5, 0.6) is 0 Å². The molecule has 0 saturated carbocycles. The number of esters is 3. The number of rotatable bonds is 4. The molecule has 0 aliphatic rings. The molecule has 7 nitrogen and oxygen atoms in total. The number of benzene rings is 2.